The van der Waals surface area contributed by atoms with Gasteiger partial charge < -0.3 is 5.73 Å². The molecule has 0 fully saturated rings. The van der Waals surface area contributed by atoms with Crippen LogP contribution >= 0.6 is 0 Å². The molecule has 86 valence electrons. The first-order valence-electron chi connectivity index (χ1n) is 5.22. The first-order valence-corrected chi connectivity index (χ1v) is 5.22. The zero-order chi connectivity index (χ0) is 11.8. The number of hydrogen-bond acceptors (Lipinski definition) is 4. The van der Waals surface area contributed by atoms with Gasteiger partial charge in [-0.3, -0.25) is 10.8 Å². The van der Waals surface area contributed by atoms with Crippen LogP contribution in [0.2, 0.25) is 0 Å². The molecule has 16 heavy (non-hydrogen) atoms. The fourth-order valence-electron chi connectivity index (χ4n) is 1.75. The zero-order valence-corrected chi connectivity index (χ0v) is 9.57. The van der Waals surface area contributed by atoms with Crippen LogP contribution in [0.3, 0.4) is 0 Å². The summed E-state index contributed by atoms with van der Waals surface area (Å²) in [5, 5.41) is 11.7. The van der Waals surface area contributed by atoms with E-state index in [1.807, 2.05) is 37.3 Å². The van der Waals surface area contributed by atoms with E-state index in [4.69, 9.17) is 11.1 Å². The second-order valence-electron chi connectivity index (χ2n) is 4.38. The minimum absolute atomic E-state index is 0.292. The largest absolute Gasteiger partial charge is 0.381 e. The van der Waals surface area contributed by atoms with Crippen LogP contribution in [0.15, 0.2) is 23.8 Å². The minimum Gasteiger partial charge on any atom is -0.381 e. The molecule has 1 aromatic rings. The minimum atomic E-state index is -0.438. The summed E-state index contributed by atoms with van der Waals surface area (Å²) < 4.78 is 4.06. The van der Waals surface area contributed by atoms with Gasteiger partial charge in [0, 0.05) is 6.42 Å². The van der Waals surface area contributed by atoms with Gasteiger partial charge in [0.25, 0.3) is 0 Å². The molecule has 1 aliphatic rings. The molecule has 2 heterocycles. The number of aromatic nitrogens is 2. The highest BCUT2D eigenvalue weighted by Gasteiger charge is 2.36. The van der Waals surface area contributed by atoms with Gasteiger partial charge in [0.1, 0.15) is 23.6 Å². The van der Waals surface area contributed by atoms with Gasteiger partial charge in [0.05, 0.1) is 13.6 Å². The number of nitrogens with zero attached hydrogens (tertiary/aromatic N) is 3. The Labute approximate surface area is 94.3 Å². The summed E-state index contributed by atoms with van der Waals surface area (Å²) in [6, 6.07) is 0. The maximum Gasteiger partial charge on any atom is 0.243 e. The molecule has 1 atom stereocenters. The third-order valence-corrected chi connectivity index (χ3v) is 2.92. The van der Waals surface area contributed by atoms with E-state index in [0.29, 0.717) is 11.5 Å². The van der Waals surface area contributed by atoms with Crippen LogP contribution in [0.4, 0.5) is 0 Å². The first kappa shape index (κ1) is 10.7. The van der Waals surface area contributed by atoms with Crippen LogP contribution in [0.5, 0.6) is 0 Å². The number of aryl methyl sites for hydroxylation is 2. The summed E-state index contributed by atoms with van der Waals surface area (Å²) in [6.07, 6.45) is 6.78. The molecule has 6 heteroatoms. The summed E-state index contributed by atoms with van der Waals surface area (Å²) in [5.41, 5.74) is 8.45. The highest BCUT2D eigenvalue weighted by atomic mass is 15.4. The molecule has 1 unspecified atom stereocenters. The molecule has 0 bridgehead atoms. The lowest BCUT2D eigenvalue weighted by molar-refractivity contribution is -0.671. The Hall–Kier alpha value is -1.85. The standard InChI is InChI=1S/C10H17N6/c1-10(8(11)9(12)13-14-10)3-4-16-6-5-15(2)7-16/h5-7,11,14H,3-4H2,1-2H3,(H2,12,13)/q+1. The Balaban J connectivity index is 1.99. The van der Waals surface area contributed by atoms with Crippen LogP contribution in [0, 0.1) is 5.41 Å². The molecule has 0 spiro atoms. The highest BCUT2D eigenvalue weighted by Crippen LogP contribution is 2.17. The monoisotopic (exact) mass is 221 g/mol. The number of nitrogens with two attached hydrogens (primary N) is 1. The van der Waals surface area contributed by atoms with E-state index >= 15 is 0 Å². The molecule has 2 rings (SSSR count). The molecule has 0 amide bonds. The van der Waals surface area contributed by atoms with Crippen LogP contribution in [0.25, 0.3) is 0 Å². The van der Waals surface area contributed by atoms with Crippen molar-refractivity contribution in [3.8, 4) is 0 Å². The number of hydrogen-bond donors (Lipinski definition) is 3. The lowest BCUT2D eigenvalue weighted by Gasteiger charge is -2.22. The van der Waals surface area contributed by atoms with Gasteiger partial charge in [0.2, 0.25) is 6.33 Å². The Morgan fingerprint density at radius 1 is 1.69 bits per heavy atom. The van der Waals surface area contributed by atoms with E-state index in [1.54, 1.807) is 0 Å². The normalized spacial score (nSPS) is 24.4. The lowest BCUT2D eigenvalue weighted by atomic mass is 9.93. The Kier molecular flexibility index (Phi) is 2.41. The van der Waals surface area contributed by atoms with Gasteiger partial charge in [-0.25, -0.2) is 9.13 Å². The van der Waals surface area contributed by atoms with Gasteiger partial charge >= 0.3 is 0 Å². The molecule has 4 N–H and O–H groups in total. The Morgan fingerprint density at radius 3 is 2.94 bits per heavy atom. The van der Waals surface area contributed by atoms with E-state index in [-0.39, 0.29) is 0 Å². The van der Waals surface area contributed by atoms with E-state index < -0.39 is 5.54 Å². The zero-order valence-electron chi connectivity index (χ0n) is 9.57. The fourth-order valence-corrected chi connectivity index (χ4v) is 1.75. The molecule has 0 saturated carbocycles. The van der Waals surface area contributed by atoms with Crippen molar-refractivity contribution >= 4 is 11.5 Å². The maximum atomic E-state index is 7.85. The second-order valence-corrected chi connectivity index (χ2v) is 4.38. The lowest BCUT2D eigenvalue weighted by Crippen LogP contribution is -2.45. The Bertz CT molecular complexity index is 446. The van der Waals surface area contributed by atoms with E-state index in [2.05, 4.69) is 15.1 Å². The molecule has 0 saturated heterocycles. The van der Waals surface area contributed by atoms with Crippen LogP contribution < -0.4 is 15.7 Å². The molecule has 6 nitrogen and oxygen atoms in total. The molecule has 1 aliphatic heterocycles. The van der Waals surface area contributed by atoms with Gasteiger partial charge in [0.15, 0.2) is 5.84 Å². The van der Waals surface area contributed by atoms with Gasteiger partial charge in [-0.2, -0.15) is 5.10 Å². The topological polar surface area (TPSA) is 83.1 Å². The van der Waals surface area contributed by atoms with Crippen molar-refractivity contribution in [2.45, 2.75) is 25.4 Å². The molecular formula is C10H17N6+. The smallest absolute Gasteiger partial charge is 0.243 e. The van der Waals surface area contributed by atoms with E-state index in [9.17, 15) is 0 Å². The molecule has 1 aromatic heterocycles. The first-order chi connectivity index (χ1) is 7.51. The summed E-state index contributed by atoms with van der Waals surface area (Å²) in [6.45, 7) is 2.78. The van der Waals surface area contributed by atoms with Crippen LogP contribution in [0.1, 0.15) is 13.3 Å². The van der Waals surface area contributed by atoms with E-state index in [0.717, 1.165) is 13.0 Å². The second kappa shape index (κ2) is 3.62. The van der Waals surface area contributed by atoms with Gasteiger partial charge in [-0.15, -0.1) is 0 Å². The SMILES string of the molecule is C[n+]1ccn(CCC2(C)NN=C(N)C2=N)c1. The summed E-state index contributed by atoms with van der Waals surface area (Å²) in [7, 11) is 1.98. The number of hydrazone groups is 1. The number of imidazole rings is 1. The van der Waals surface area contributed by atoms with Crippen molar-refractivity contribution in [2.75, 3.05) is 0 Å². The summed E-state index contributed by atoms with van der Waals surface area (Å²) in [4.78, 5) is 0. The average molecular weight is 221 g/mol. The van der Waals surface area contributed by atoms with Crippen molar-refractivity contribution in [3.63, 3.8) is 0 Å². The number of amidine groups is 1. The molecule has 0 aromatic carbocycles. The molecule has 0 aliphatic carbocycles. The van der Waals surface area contributed by atoms with Crippen molar-refractivity contribution in [3.05, 3.63) is 18.7 Å². The molecule has 0 radical (unpaired) electrons. The fraction of sp³-hybridized carbons (Fsp3) is 0.500. The van der Waals surface area contributed by atoms with Gasteiger partial charge in [-0.1, -0.05) is 0 Å². The summed E-state index contributed by atoms with van der Waals surface area (Å²) in [5.74, 6) is 0.292. The van der Waals surface area contributed by atoms with E-state index in [1.165, 1.54) is 0 Å². The number of nitrogens with one attached hydrogen (secondary N) is 2. The van der Waals surface area contributed by atoms with Crippen molar-refractivity contribution in [2.24, 2.45) is 17.9 Å². The Morgan fingerprint density at radius 2 is 2.44 bits per heavy atom. The third kappa shape index (κ3) is 1.78. The summed E-state index contributed by atoms with van der Waals surface area (Å²) >= 11 is 0. The van der Waals surface area contributed by atoms with Crippen LogP contribution in [-0.2, 0) is 13.6 Å². The van der Waals surface area contributed by atoms with Crippen molar-refractivity contribution in [1.82, 2.24) is 9.99 Å². The quantitative estimate of drug-likeness (QED) is 0.593. The predicted molar refractivity (Wildman–Crippen MR) is 61.1 cm³/mol. The maximum absolute atomic E-state index is 7.85. The number of rotatable bonds is 3. The highest BCUT2D eigenvalue weighted by molar-refractivity contribution is 6.44. The van der Waals surface area contributed by atoms with Crippen molar-refractivity contribution in [1.29, 1.82) is 5.41 Å². The van der Waals surface area contributed by atoms with Gasteiger partial charge in [-0.05, 0) is 6.92 Å². The van der Waals surface area contributed by atoms with Crippen molar-refractivity contribution < 1.29 is 4.57 Å². The van der Waals surface area contributed by atoms with Crippen LogP contribution in [-0.4, -0.2) is 21.7 Å². The predicted octanol–water partition coefficient (Wildman–Crippen LogP) is -0.643. The average Bonchev–Trinajstić information content (AvgIpc) is 2.77. The molecular weight excluding hydrogens is 204 g/mol. The third-order valence-electron chi connectivity index (χ3n) is 2.92.